The number of carbonyl (C=O) groups excluding carboxylic acids is 1. The zero-order valence-electron chi connectivity index (χ0n) is 15.0. The highest BCUT2D eigenvalue weighted by Gasteiger charge is 2.33. The van der Waals surface area contributed by atoms with Gasteiger partial charge in [-0.25, -0.2) is 9.37 Å². The van der Waals surface area contributed by atoms with Gasteiger partial charge < -0.3 is 14.6 Å². The Morgan fingerprint density at radius 3 is 2.67 bits per heavy atom. The van der Waals surface area contributed by atoms with Crippen LogP contribution in [0.25, 0.3) is 11.3 Å². The highest BCUT2D eigenvalue weighted by atomic mass is 35.5. The molecule has 2 heterocycles. The number of imidazole rings is 1. The first-order valence-corrected chi connectivity index (χ1v) is 9.86. The number of hydrogen-bond acceptors (Lipinski definition) is 3. The van der Waals surface area contributed by atoms with Crippen LogP contribution in [-0.2, 0) is 9.53 Å². The first-order chi connectivity index (χ1) is 13.1. The molecule has 144 valence electrons. The molecule has 1 saturated heterocycles. The van der Waals surface area contributed by atoms with Gasteiger partial charge in [0.15, 0.2) is 0 Å². The Hall–Kier alpha value is -1.92. The van der Waals surface area contributed by atoms with E-state index >= 15 is 0 Å². The monoisotopic (exact) mass is 391 g/mol. The molecule has 7 heteroatoms. The number of ether oxygens (including phenoxy) is 1. The van der Waals surface area contributed by atoms with Crippen molar-refractivity contribution in [1.82, 2.24) is 14.9 Å². The van der Waals surface area contributed by atoms with Crippen LogP contribution in [0.2, 0.25) is 5.15 Å². The quantitative estimate of drug-likeness (QED) is 0.857. The molecule has 1 aliphatic heterocycles. The number of nitrogens with one attached hydrogen (secondary N) is 1. The van der Waals surface area contributed by atoms with Crippen molar-refractivity contribution in [2.45, 2.75) is 44.2 Å². The topological polar surface area (TPSA) is 56.1 Å². The van der Waals surface area contributed by atoms with Gasteiger partial charge in [0.25, 0.3) is 0 Å². The van der Waals surface area contributed by atoms with Crippen LogP contribution in [0, 0.1) is 11.7 Å². The maximum atomic E-state index is 13.1. The Labute approximate surface area is 162 Å². The van der Waals surface area contributed by atoms with Crippen LogP contribution in [-0.4, -0.2) is 34.7 Å². The van der Waals surface area contributed by atoms with E-state index in [-0.39, 0.29) is 29.7 Å². The molecule has 2 atom stereocenters. The van der Waals surface area contributed by atoms with Crippen molar-refractivity contribution in [3.63, 3.8) is 0 Å². The first-order valence-electron chi connectivity index (χ1n) is 9.48. The minimum Gasteiger partial charge on any atom is -0.381 e. The molecule has 0 spiro atoms. The normalized spacial score (nSPS) is 23.5. The van der Waals surface area contributed by atoms with Crippen LogP contribution < -0.4 is 5.32 Å². The van der Waals surface area contributed by atoms with Gasteiger partial charge in [-0.3, -0.25) is 4.79 Å². The molecule has 1 N–H and O–H groups in total. The Morgan fingerprint density at radius 1 is 1.19 bits per heavy atom. The summed E-state index contributed by atoms with van der Waals surface area (Å²) >= 11 is 6.55. The summed E-state index contributed by atoms with van der Waals surface area (Å²) in [6, 6.07) is 6.53. The molecule has 27 heavy (non-hydrogen) atoms. The number of halogens is 2. The third-order valence-corrected chi connectivity index (χ3v) is 5.96. The summed E-state index contributed by atoms with van der Waals surface area (Å²) in [5.74, 6) is -0.145. The average Bonchev–Trinajstić information content (AvgIpc) is 3.30. The fourth-order valence-corrected chi connectivity index (χ4v) is 4.35. The minimum absolute atomic E-state index is 0.00517. The Bertz CT molecular complexity index is 802. The van der Waals surface area contributed by atoms with E-state index in [9.17, 15) is 9.18 Å². The number of rotatable bonds is 4. The molecule has 2 aliphatic rings. The van der Waals surface area contributed by atoms with Crippen LogP contribution >= 0.6 is 11.6 Å². The molecule has 0 radical (unpaired) electrons. The van der Waals surface area contributed by atoms with E-state index in [0.29, 0.717) is 10.8 Å². The summed E-state index contributed by atoms with van der Waals surface area (Å²) in [4.78, 5) is 17.0. The third-order valence-electron chi connectivity index (χ3n) is 5.59. The van der Waals surface area contributed by atoms with Gasteiger partial charge in [0, 0.05) is 36.8 Å². The molecule has 1 aromatic heterocycles. The Kier molecular flexibility index (Phi) is 5.45. The van der Waals surface area contributed by atoms with E-state index in [1.807, 2.05) is 4.57 Å². The van der Waals surface area contributed by atoms with Gasteiger partial charge in [0.2, 0.25) is 5.91 Å². The summed E-state index contributed by atoms with van der Waals surface area (Å²) in [5.41, 5.74) is 1.43. The molecule has 0 bridgehead atoms. The number of amides is 1. The second-order valence-electron chi connectivity index (χ2n) is 7.36. The number of benzene rings is 1. The standard InChI is InChI=1S/C20H23ClFN3O2/c21-19-18(13-1-4-15(22)5-2-13)23-12-25(19)17-6-3-14(11-17)20(26)24-16-7-9-27-10-8-16/h1-2,4-5,12,14,16-17H,3,6-11H2,(H,24,26)/t14-,17+/m0/s1. The summed E-state index contributed by atoms with van der Waals surface area (Å²) in [6.45, 7) is 1.43. The molecular weight excluding hydrogens is 369 g/mol. The van der Waals surface area contributed by atoms with Crippen molar-refractivity contribution < 1.29 is 13.9 Å². The number of nitrogens with zero attached hydrogens (tertiary/aromatic N) is 2. The predicted molar refractivity (Wildman–Crippen MR) is 101 cm³/mol. The second kappa shape index (κ2) is 7.98. The van der Waals surface area contributed by atoms with Crippen molar-refractivity contribution in [3.8, 4) is 11.3 Å². The molecule has 4 rings (SSSR count). The molecule has 2 fully saturated rings. The van der Waals surface area contributed by atoms with Gasteiger partial charge in [-0.05, 0) is 56.4 Å². The summed E-state index contributed by atoms with van der Waals surface area (Å²) in [7, 11) is 0. The molecule has 0 unspecified atom stereocenters. The highest BCUT2D eigenvalue weighted by Crippen LogP contribution is 2.39. The lowest BCUT2D eigenvalue weighted by atomic mass is 10.0. The summed E-state index contributed by atoms with van der Waals surface area (Å²) < 4.78 is 20.4. The van der Waals surface area contributed by atoms with Gasteiger partial charge in [-0.1, -0.05) is 11.6 Å². The lowest BCUT2D eigenvalue weighted by Gasteiger charge is -2.24. The Morgan fingerprint density at radius 2 is 1.93 bits per heavy atom. The molecule has 2 aromatic rings. The Balaban J connectivity index is 1.41. The predicted octanol–water partition coefficient (Wildman–Crippen LogP) is 3.98. The molecule has 5 nitrogen and oxygen atoms in total. The maximum absolute atomic E-state index is 13.1. The second-order valence-corrected chi connectivity index (χ2v) is 7.72. The fourth-order valence-electron chi connectivity index (χ4n) is 4.01. The SMILES string of the molecule is O=C(NC1CCOCC1)[C@H]1CC[C@@H](n2cnc(-c3ccc(F)cc3)c2Cl)C1. The summed E-state index contributed by atoms with van der Waals surface area (Å²) in [6.07, 6.45) is 6.00. The number of hydrogen-bond donors (Lipinski definition) is 1. The third kappa shape index (κ3) is 4.01. The van der Waals surface area contributed by atoms with Gasteiger partial charge in [-0.2, -0.15) is 0 Å². The van der Waals surface area contributed by atoms with Gasteiger partial charge in [0.1, 0.15) is 16.7 Å². The van der Waals surface area contributed by atoms with Gasteiger partial charge >= 0.3 is 0 Å². The van der Waals surface area contributed by atoms with E-state index in [0.717, 1.165) is 50.9 Å². The van der Waals surface area contributed by atoms with Crippen LogP contribution in [0.3, 0.4) is 0 Å². The van der Waals surface area contributed by atoms with E-state index in [1.165, 1.54) is 12.1 Å². The first kappa shape index (κ1) is 18.4. The summed E-state index contributed by atoms with van der Waals surface area (Å²) in [5, 5.41) is 3.71. The van der Waals surface area contributed by atoms with E-state index in [1.54, 1.807) is 18.5 Å². The van der Waals surface area contributed by atoms with E-state index in [2.05, 4.69) is 10.3 Å². The highest BCUT2D eigenvalue weighted by molar-refractivity contribution is 6.32. The molecule has 1 aromatic carbocycles. The van der Waals surface area contributed by atoms with Gasteiger partial charge in [-0.15, -0.1) is 0 Å². The average molecular weight is 392 g/mol. The van der Waals surface area contributed by atoms with Crippen molar-refractivity contribution in [3.05, 3.63) is 41.6 Å². The van der Waals surface area contributed by atoms with Gasteiger partial charge in [0.05, 0.1) is 6.33 Å². The minimum atomic E-state index is -0.288. The van der Waals surface area contributed by atoms with E-state index < -0.39 is 0 Å². The van der Waals surface area contributed by atoms with Crippen LogP contribution in [0.1, 0.15) is 38.1 Å². The van der Waals surface area contributed by atoms with Crippen molar-refractivity contribution in [2.24, 2.45) is 5.92 Å². The van der Waals surface area contributed by atoms with E-state index in [4.69, 9.17) is 16.3 Å². The van der Waals surface area contributed by atoms with Crippen LogP contribution in [0.5, 0.6) is 0 Å². The van der Waals surface area contributed by atoms with Crippen LogP contribution in [0.15, 0.2) is 30.6 Å². The smallest absolute Gasteiger partial charge is 0.223 e. The largest absolute Gasteiger partial charge is 0.381 e. The van der Waals surface area contributed by atoms with Crippen molar-refractivity contribution in [2.75, 3.05) is 13.2 Å². The van der Waals surface area contributed by atoms with Crippen molar-refractivity contribution in [1.29, 1.82) is 0 Å². The zero-order valence-corrected chi connectivity index (χ0v) is 15.8. The lowest BCUT2D eigenvalue weighted by molar-refractivity contribution is -0.126. The zero-order chi connectivity index (χ0) is 18.8. The number of carbonyl (C=O) groups is 1. The maximum Gasteiger partial charge on any atom is 0.223 e. The lowest BCUT2D eigenvalue weighted by Crippen LogP contribution is -2.41. The molecule has 1 aliphatic carbocycles. The molecular formula is C20H23ClFN3O2. The number of aromatic nitrogens is 2. The molecule has 1 saturated carbocycles. The van der Waals surface area contributed by atoms with Crippen molar-refractivity contribution >= 4 is 17.5 Å². The fraction of sp³-hybridized carbons (Fsp3) is 0.500. The van der Waals surface area contributed by atoms with Crippen LogP contribution in [0.4, 0.5) is 4.39 Å². The molecule has 1 amide bonds.